The average molecular weight is 441 g/mol. The Kier molecular flexibility index (Phi) is 6.50. The van der Waals surface area contributed by atoms with Crippen molar-refractivity contribution in [2.45, 2.75) is 57.3 Å². The molecule has 4 aliphatic rings. The molecular formula is C23H36N8O. The number of aliphatic hydroxyl groups excluding tert-OH is 1. The van der Waals surface area contributed by atoms with Crippen molar-refractivity contribution in [1.29, 1.82) is 0 Å². The summed E-state index contributed by atoms with van der Waals surface area (Å²) in [7, 11) is 0. The van der Waals surface area contributed by atoms with Crippen molar-refractivity contribution in [3.05, 3.63) is 49.0 Å². The maximum Gasteiger partial charge on any atom is 0.177 e. The molecule has 4 rings (SSSR count). The van der Waals surface area contributed by atoms with Crippen molar-refractivity contribution >= 4 is 5.84 Å². The second-order valence-corrected chi connectivity index (χ2v) is 9.48. The van der Waals surface area contributed by atoms with Crippen molar-refractivity contribution < 1.29 is 5.11 Å². The van der Waals surface area contributed by atoms with E-state index in [0.717, 1.165) is 43.3 Å². The van der Waals surface area contributed by atoms with Crippen LogP contribution in [0.25, 0.3) is 0 Å². The number of azo groups is 1. The van der Waals surface area contributed by atoms with E-state index in [1.165, 1.54) is 0 Å². The molecule has 0 spiro atoms. The first-order valence-electron chi connectivity index (χ1n) is 11.4. The minimum Gasteiger partial charge on any atom is -0.394 e. The van der Waals surface area contributed by atoms with Gasteiger partial charge in [-0.2, -0.15) is 5.11 Å². The molecule has 4 unspecified atom stereocenters. The topological polar surface area (TPSA) is 99.9 Å². The number of likely N-dealkylation sites (tertiary alicyclic amines) is 1. The predicted molar refractivity (Wildman–Crippen MR) is 127 cm³/mol. The normalized spacial score (nSPS) is 32.3. The van der Waals surface area contributed by atoms with Crippen molar-refractivity contribution in [2.24, 2.45) is 21.1 Å². The van der Waals surface area contributed by atoms with Gasteiger partial charge in [0.2, 0.25) is 0 Å². The van der Waals surface area contributed by atoms with E-state index in [2.05, 4.69) is 69.1 Å². The molecule has 0 saturated carbocycles. The first-order valence-corrected chi connectivity index (χ1v) is 11.4. The Labute approximate surface area is 190 Å². The Balaban J connectivity index is 1.43. The van der Waals surface area contributed by atoms with Gasteiger partial charge in [0.1, 0.15) is 17.8 Å². The summed E-state index contributed by atoms with van der Waals surface area (Å²) in [5, 5.41) is 29.1. The lowest BCUT2D eigenvalue weighted by molar-refractivity contribution is 0.176. The molecule has 0 aliphatic carbocycles. The summed E-state index contributed by atoms with van der Waals surface area (Å²) >= 11 is 0. The van der Waals surface area contributed by atoms with Gasteiger partial charge in [0, 0.05) is 49.3 Å². The fourth-order valence-electron chi connectivity index (χ4n) is 4.88. The minimum atomic E-state index is -0.326. The van der Waals surface area contributed by atoms with Crippen LogP contribution >= 0.6 is 0 Å². The Morgan fingerprint density at radius 2 is 2.19 bits per heavy atom. The van der Waals surface area contributed by atoms with Gasteiger partial charge in [-0.25, -0.2) is 4.99 Å². The number of aliphatic imine (C=N–C) groups is 1. The van der Waals surface area contributed by atoms with E-state index in [0.29, 0.717) is 0 Å². The van der Waals surface area contributed by atoms with Crippen molar-refractivity contribution in [3.63, 3.8) is 0 Å². The number of aliphatic hydroxyl groups is 1. The Bertz CT molecular complexity index is 860. The molecule has 9 heteroatoms. The second-order valence-electron chi connectivity index (χ2n) is 9.48. The highest BCUT2D eigenvalue weighted by Crippen LogP contribution is 2.36. The number of nitrogens with one attached hydrogen (secondary N) is 3. The van der Waals surface area contributed by atoms with Crippen LogP contribution in [-0.4, -0.2) is 77.1 Å². The van der Waals surface area contributed by atoms with E-state index in [1.54, 1.807) is 0 Å². The van der Waals surface area contributed by atoms with E-state index < -0.39 is 0 Å². The molecule has 0 radical (unpaired) electrons. The lowest BCUT2D eigenvalue weighted by Crippen LogP contribution is -2.56. The number of piperazine rings is 1. The molecule has 0 aromatic heterocycles. The molecule has 9 nitrogen and oxygen atoms in total. The highest BCUT2D eigenvalue weighted by atomic mass is 16.3. The Hall–Kier alpha value is -2.49. The lowest BCUT2D eigenvalue weighted by Gasteiger charge is -2.40. The van der Waals surface area contributed by atoms with Gasteiger partial charge >= 0.3 is 0 Å². The van der Waals surface area contributed by atoms with Gasteiger partial charge < -0.3 is 25.5 Å². The molecule has 2 saturated heterocycles. The van der Waals surface area contributed by atoms with Crippen LogP contribution in [0.3, 0.4) is 0 Å². The first kappa shape index (κ1) is 22.7. The van der Waals surface area contributed by atoms with Crippen molar-refractivity contribution in [1.82, 2.24) is 25.8 Å². The van der Waals surface area contributed by atoms with Crippen LogP contribution in [0.15, 0.2) is 64.2 Å². The molecule has 0 aromatic rings. The van der Waals surface area contributed by atoms with Crippen molar-refractivity contribution in [3.8, 4) is 0 Å². The third kappa shape index (κ3) is 4.37. The zero-order valence-electron chi connectivity index (χ0n) is 19.3. The summed E-state index contributed by atoms with van der Waals surface area (Å²) in [4.78, 5) is 9.34. The Morgan fingerprint density at radius 3 is 2.81 bits per heavy atom. The largest absolute Gasteiger partial charge is 0.394 e. The third-order valence-electron chi connectivity index (χ3n) is 6.50. The maximum atomic E-state index is 9.80. The van der Waals surface area contributed by atoms with Gasteiger partial charge in [0.15, 0.2) is 6.29 Å². The van der Waals surface area contributed by atoms with Crippen molar-refractivity contribution in [2.75, 3.05) is 26.2 Å². The van der Waals surface area contributed by atoms with Crippen LogP contribution < -0.4 is 16.0 Å². The maximum absolute atomic E-state index is 9.80. The van der Waals surface area contributed by atoms with Gasteiger partial charge in [-0.05, 0) is 26.8 Å². The quantitative estimate of drug-likeness (QED) is 0.448. The molecule has 5 atom stereocenters. The fourth-order valence-corrected chi connectivity index (χ4v) is 4.88. The van der Waals surface area contributed by atoms with Crippen LogP contribution in [0.1, 0.15) is 27.2 Å². The monoisotopic (exact) mass is 440 g/mol. The van der Waals surface area contributed by atoms with Gasteiger partial charge in [0.25, 0.3) is 0 Å². The molecule has 0 bridgehead atoms. The fraction of sp³-hybridized carbons (Fsp3) is 0.609. The van der Waals surface area contributed by atoms with E-state index in [9.17, 15) is 5.11 Å². The van der Waals surface area contributed by atoms with Crippen LogP contribution in [0.4, 0.5) is 0 Å². The molecule has 0 amide bonds. The van der Waals surface area contributed by atoms with E-state index in [-0.39, 0.29) is 42.6 Å². The second kappa shape index (κ2) is 9.17. The summed E-state index contributed by atoms with van der Waals surface area (Å²) in [5.41, 5.74) is 1.14. The summed E-state index contributed by atoms with van der Waals surface area (Å²) in [6, 6.07) is -0.0599. The zero-order valence-corrected chi connectivity index (χ0v) is 19.3. The third-order valence-corrected chi connectivity index (χ3v) is 6.50. The molecule has 0 aromatic carbocycles. The van der Waals surface area contributed by atoms with E-state index in [4.69, 9.17) is 4.99 Å². The summed E-state index contributed by atoms with van der Waals surface area (Å²) in [6.45, 7) is 17.2. The number of hydrogen-bond donors (Lipinski definition) is 4. The molecule has 2 fully saturated rings. The summed E-state index contributed by atoms with van der Waals surface area (Å²) in [5.74, 6) is 1.89. The standard InChI is InChI=1S/C23H36N8O/c1-6-16-17-12-24-22(27-21(17)31(15(3)13-32)18(16)7-2)26-19-8-9-20(29-28-19)30-11-10-25-23(4,5)14-30/h6-7,9,12,15-16,18-19,22,24-26,32H,1-2,8,10-11,13-14H2,3-5H3/t15-,16?,18?,19?,22?/m0/s1. The van der Waals surface area contributed by atoms with Crippen LogP contribution in [-0.2, 0) is 0 Å². The van der Waals surface area contributed by atoms with Gasteiger partial charge in [-0.1, -0.05) is 12.2 Å². The van der Waals surface area contributed by atoms with Gasteiger partial charge in [-0.3, -0.25) is 5.32 Å². The number of fused-ring (bicyclic) bond motifs is 1. The van der Waals surface area contributed by atoms with Gasteiger partial charge in [0.05, 0.1) is 18.7 Å². The zero-order chi connectivity index (χ0) is 22.9. The number of nitrogens with zero attached hydrogens (tertiary/aromatic N) is 5. The highest BCUT2D eigenvalue weighted by molar-refractivity contribution is 6.03. The number of hydrogen-bond acceptors (Lipinski definition) is 9. The number of rotatable bonds is 7. The molecule has 4 N–H and O–H groups in total. The van der Waals surface area contributed by atoms with E-state index in [1.807, 2.05) is 25.3 Å². The van der Waals surface area contributed by atoms with Crippen LogP contribution in [0, 0.1) is 5.92 Å². The SMILES string of the molecule is C=CC1C2=CNC(NC3CC=C(N4CCNC(C)(C)C4)N=N3)N=C2N([C@@H](C)CO)C1C=C. The molecule has 4 aliphatic heterocycles. The van der Waals surface area contributed by atoms with Crippen LogP contribution in [0.2, 0.25) is 0 Å². The minimum absolute atomic E-state index is 0.0170. The summed E-state index contributed by atoms with van der Waals surface area (Å²) < 4.78 is 0. The Morgan fingerprint density at radius 1 is 1.38 bits per heavy atom. The smallest absolute Gasteiger partial charge is 0.177 e. The van der Waals surface area contributed by atoms with Crippen LogP contribution in [0.5, 0.6) is 0 Å². The van der Waals surface area contributed by atoms with Gasteiger partial charge in [-0.15, -0.1) is 18.3 Å². The summed E-state index contributed by atoms with van der Waals surface area (Å²) in [6.07, 6.45) is 8.26. The lowest BCUT2D eigenvalue weighted by atomic mass is 9.95. The average Bonchev–Trinajstić information content (AvgIpc) is 3.11. The first-order chi connectivity index (χ1) is 15.4. The molecule has 32 heavy (non-hydrogen) atoms. The molecule has 4 heterocycles. The number of amidine groups is 1. The molecule has 174 valence electrons. The predicted octanol–water partition coefficient (Wildman–Crippen LogP) is 1.51. The van der Waals surface area contributed by atoms with E-state index >= 15 is 0 Å². The molecular weight excluding hydrogens is 404 g/mol. The highest BCUT2D eigenvalue weighted by Gasteiger charge is 2.43.